The first kappa shape index (κ1) is 18.3. The molecule has 0 spiro atoms. The van der Waals surface area contributed by atoms with Gasteiger partial charge in [0.25, 0.3) is 0 Å². The number of hydrazone groups is 1. The van der Waals surface area contributed by atoms with Gasteiger partial charge in [-0.15, -0.1) is 0 Å². The Labute approximate surface area is 148 Å². The van der Waals surface area contributed by atoms with E-state index in [1.807, 2.05) is 0 Å². The van der Waals surface area contributed by atoms with Crippen LogP contribution in [0.1, 0.15) is 16.1 Å². The number of nitrogens with zero attached hydrogens (tertiary/aromatic N) is 1. The van der Waals surface area contributed by atoms with E-state index in [0.717, 1.165) is 0 Å². The lowest BCUT2D eigenvalue weighted by molar-refractivity contribution is -0.142. The molecule has 2 aromatic rings. The van der Waals surface area contributed by atoms with Crippen LogP contribution < -0.4 is 14.9 Å². The van der Waals surface area contributed by atoms with Crippen LogP contribution in [0.25, 0.3) is 0 Å². The van der Waals surface area contributed by atoms with Gasteiger partial charge in [0, 0.05) is 0 Å². The van der Waals surface area contributed by atoms with Gasteiger partial charge in [0.15, 0.2) is 23.9 Å². The van der Waals surface area contributed by atoms with Gasteiger partial charge in [-0.25, -0.2) is 10.2 Å². The molecule has 0 fully saturated rings. The van der Waals surface area contributed by atoms with Crippen molar-refractivity contribution >= 4 is 29.7 Å². The molecule has 0 radical (unpaired) electrons. The van der Waals surface area contributed by atoms with E-state index in [1.54, 1.807) is 18.2 Å². The average molecular weight is 367 g/mol. The van der Waals surface area contributed by atoms with Gasteiger partial charge < -0.3 is 18.6 Å². The molecule has 0 aliphatic heterocycles. The van der Waals surface area contributed by atoms with Crippen LogP contribution in [-0.2, 0) is 9.53 Å². The number of carbonyl (C=O) groups excluding carboxylic acids is 2. The van der Waals surface area contributed by atoms with E-state index in [1.165, 1.54) is 32.8 Å². The Kier molecular flexibility index (Phi) is 6.41. The van der Waals surface area contributed by atoms with Gasteiger partial charge in [-0.05, 0) is 29.8 Å². The zero-order valence-electron chi connectivity index (χ0n) is 13.4. The largest absolute Gasteiger partial charge is 0.493 e. The van der Waals surface area contributed by atoms with Crippen LogP contribution >= 0.6 is 11.6 Å². The Morgan fingerprint density at radius 1 is 1.36 bits per heavy atom. The van der Waals surface area contributed by atoms with Crippen molar-refractivity contribution < 1.29 is 28.2 Å². The molecule has 9 heteroatoms. The Balaban J connectivity index is 2.08. The minimum Gasteiger partial charge on any atom is -0.493 e. The second-order valence-electron chi connectivity index (χ2n) is 4.58. The smallest absolute Gasteiger partial charge is 0.343 e. The molecule has 8 nitrogen and oxygen atoms in total. The number of esters is 1. The first-order valence-corrected chi connectivity index (χ1v) is 7.37. The molecule has 0 saturated heterocycles. The fraction of sp³-hybridized carbons (Fsp3) is 0.188. The lowest BCUT2D eigenvalue weighted by Gasteiger charge is -2.12. The Morgan fingerprint density at radius 2 is 2.16 bits per heavy atom. The number of halogens is 1. The molecule has 0 unspecified atom stereocenters. The minimum absolute atomic E-state index is 0.138. The number of hydrogen-bond donors (Lipinski definition) is 1. The van der Waals surface area contributed by atoms with Crippen molar-refractivity contribution in [3.63, 3.8) is 0 Å². The SMILES string of the molecule is COC(=O)COc1c(Cl)cc(/C=N\NC(=O)c2ccco2)cc1OC. The van der Waals surface area contributed by atoms with E-state index in [-0.39, 0.29) is 23.1 Å². The molecular weight excluding hydrogens is 352 g/mol. The molecule has 132 valence electrons. The van der Waals surface area contributed by atoms with Crippen LogP contribution in [0.3, 0.4) is 0 Å². The van der Waals surface area contributed by atoms with E-state index in [0.29, 0.717) is 11.3 Å². The molecular formula is C16H15ClN2O6. The van der Waals surface area contributed by atoms with Gasteiger partial charge in [-0.1, -0.05) is 11.6 Å². The summed E-state index contributed by atoms with van der Waals surface area (Å²) in [5, 5.41) is 4.03. The lowest BCUT2D eigenvalue weighted by atomic mass is 10.2. The molecule has 0 aliphatic rings. The second-order valence-corrected chi connectivity index (χ2v) is 4.98. The molecule has 1 N–H and O–H groups in total. The number of methoxy groups -OCH3 is 2. The van der Waals surface area contributed by atoms with E-state index >= 15 is 0 Å². The number of rotatable bonds is 7. The number of benzene rings is 1. The maximum Gasteiger partial charge on any atom is 0.343 e. The summed E-state index contributed by atoms with van der Waals surface area (Å²) < 4.78 is 19.9. The highest BCUT2D eigenvalue weighted by molar-refractivity contribution is 6.32. The fourth-order valence-electron chi connectivity index (χ4n) is 1.77. The summed E-state index contributed by atoms with van der Waals surface area (Å²) in [5.41, 5.74) is 2.86. The number of nitrogens with one attached hydrogen (secondary N) is 1. The number of ether oxygens (including phenoxy) is 3. The highest BCUT2D eigenvalue weighted by Gasteiger charge is 2.14. The van der Waals surface area contributed by atoms with Crippen molar-refractivity contribution in [2.75, 3.05) is 20.8 Å². The first-order chi connectivity index (χ1) is 12.0. The van der Waals surface area contributed by atoms with Gasteiger partial charge in [0.2, 0.25) is 0 Å². The summed E-state index contributed by atoms with van der Waals surface area (Å²) in [6.45, 7) is -0.306. The van der Waals surface area contributed by atoms with Gasteiger partial charge in [-0.3, -0.25) is 4.79 Å². The molecule has 1 aromatic heterocycles. The minimum atomic E-state index is -0.551. The van der Waals surface area contributed by atoms with Gasteiger partial charge in [0.1, 0.15) is 0 Å². The zero-order valence-corrected chi connectivity index (χ0v) is 14.2. The van der Waals surface area contributed by atoms with Crippen LogP contribution in [0.2, 0.25) is 5.02 Å². The van der Waals surface area contributed by atoms with Crippen LogP contribution in [-0.4, -0.2) is 38.9 Å². The molecule has 1 heterocycles. The van der Waals surface area contributed by atoms with Crippen molar-refractivity contribution in [2.45, 2.75) is 0 Å². The van der Waals surface area contributed by atoms with Gasteiger partial charge >= 0.3 is 11.9 Å². The molecule has 25 heavy (non-hydrogen) atoms. The van der Waals surface area contributed by atoms with Gasteiger partial charge in [0.05, 0.1) is 31.7 Å². The molecule has 0 atom stereocenters. The standard InChI is InChI=1S/C16H15ClN2O6/c1-22-13-7-10(6-11(17)15(13)25-9-14(20)23-2)8-18-19-16(21)12-4-3-5-24-12/h3-8H,9H2,1-2H3,(H,19,21)/b18-8-. The molecule has 0 bridgehead atoms. The number of carbonyl (C=O) groups is 2. The summed E-state index contributed by atoms with van der Waals surface area (Å²) in [7, 11) is 2.68. The van der Waals surface area contributed by atoms with Crippen LogP contribution in [0.15, 0.2) is 40.0 Å². The number of furan rings is 1. The highest BCUT2D eigenvalue weighted by atomic mass is 35.5. The topological polar surface area (TPSA) is 99.4 Å². The quantitative estimate of drug-likeness (QED) is 0.458. The number of hydrogen-bond acceptors (Lipinski definition) is 7. The predicted octanol–water partition coefficient (Wildman–Crippen LogP) is 2.26. The third-order valence-corrected chi connectivity index (χ3v) is 3.22. The van der Waals surface area contributed by atoms with E-state index in [2.05, 4.69) is 15.3 Å². The first-order valence-electron chi connectivity index (χ1n) is 6.99. The van der Waals surface area contributed by atoms with E-state index in [4.69, 9.17) is 25.5 Å². The van der Waals surface area contributed by atoms with Crippen LogP contribution in [0.5, 0.6) is 11.5 Å². The molecule has 1 aromatic carbocycles. The summed E-state index contributed by atoms with van der Waals surface area (Å²) in [5.74, 6) is -0.400. The third kappa shape index (κ3) is 4.98. The summed E-state index contributed by atoms with van der Waals surface area (Å²) in [6.07, 6.45) is 2.76. The number of amides is 1. The molecule has 0 aliphatic carbocycles. The van der Waals surface area contributed by atoms with Crippen LogP contribution in [0, 0.1) is 0 Å². The molecule has 1 amide bonds. The molecule has 0 saturated carbocycles. The van der Waals surface area contributed by atoms with E-state index < -0.39 is 11.9 Å². The van der Waals surface area contributed by atoms with Crippen molar-refractivity contribution in [3.8, 4) is 11.5 Å². The van der Waals surface area contributed by atoms with Crippen LogP contribution in [0.4, 0.5) is 0 Å². The Bertz CT molecular complexity index is 773. The fourth-order valence-corrected chi connectivity index (χ4v) is 2.05. The lowest BCUT2D eigenvalue weighted by Crippen LogP contribution is -2.16. The second kappa shape index (κ2) is 8.74. The van der Waals surface area contributed by atoms with Crippen molar-refractivity contribution in [1.82, 2.24) is 5.43 Å². The normalized spacial score (nSPS) is 10.5. The molecule has 2 rings (SSSR count). The van der Waals surface area contributed by atoms with E-state index in [9.17, 15) is 9.59 Å². The Morgan fingerprint density at radius 3 is 2.80 bits per heavy atom. The maximum atomic E-state index is 11.7. The van der Waals surface area contributed by atoms with Crippen molar-refractivity contribution in [1.29, 1.82) is 0 Å². The van der Waals surface area contributed by atoms with Crippen molar-refractivity contribution in [2.24, 2.45) is 5.10 Å². The summed E-state index contributed by atoms with van der Waals surface area (Å²) >= 11 is 6.14. The maximum absolute atomic E-state index is 11.7. The predicted molar refractivity (Wildman–Crippen MR) is 89.3 cm³/mol. The monoisotopic (exact) mass is 366 g/mol. The van der Waals surface area contributed by atoms with Crippen molar-refractivity contribution in [3.05, 3.63) is 46.9 Å². The summed E-state index contributed by atoms with van der Waals surface area (Å²) in [4.78, 5) is 22.8. The average Bonchev–Trinajstić information content (AvgIpc) is 3.14. The third-order valence-electron chi connectivity index (χ3n) is 2.94. The highest BCUT2D eigenvalue weighted by Crippen LogP contribution is 2.36. The summed E-state index contributed by atoms with van der Waals surface area (Å²) in [6, 6.07) is 6.23. The zero-order chi connectivity index (χ0) is 18.2. The Hall–Kier alpha value is -3.00. The van der Waals surface area contributed by atoms with Gasteiger partial charge in [-0.2, -0.15) is 5.10 Å².